The summed E-state index contributed by atoms with van der Waals surface area (Å²) < 4.78 is 23.8. The molecule has 7 heteroatoms. The summed E-state index contributed by atoms with van der Waals surface area (Å²) in [6, 6.07) is 7.79. The molecule has 2 aromatic rings. The van der Waals surface area contributed by atoms with E-state index >= 15 is 0 Å². The number of hydrogen-bond acceptors (Lipinski definition) is 6. The van der Waals surface area contributed by atoms with Crippen LogP contribution in [0.25, 0.3) is 0 Å². The Balaban J connectivity index is 1.31. The normalized spacial score (nSPS) is 25.6. The van der Waals surface area contributed by atoms with Crippen LogP contribution < -0.4 is 9.47 Å². The standard InChI is InChI=1S/C25H32N2O5/c1-5-16-13-19(26-32-16)23(28)27-11-9-25(10-12-27)14-18-21(30-15-25)17-7-6-8-20(29-4)22(17)31-24(18,2)3/h6-8,13,18,21H,5,9-12,14-15H2,1-4H3/t18-,21+/m0/s1. The Labute approximate surface area is 189 Å². The van der Waals surface area contributed by atoms with Crippen LogP contribution in [0, 0.1) is 11.3 Å². The molecule has 0 radical (unpaired) electrons. The van der Waals surface area contributed by atoms with Crippen molar-refractivity contribution in [2.24, 2.45) is 11.3 Å². The number of amides is 1. The summed E-state index contributed by atoms with van der Waals surface area (Å²) in [7, 11) is 1.67. The minimum absolute atomic E-state index is 0.00303. The molecule has 7 nitrogen and oxygen atoms in total. The number of carbonyl (C=O) groups is 1. The molecule has 3 aliphatic rings. The molecule has 0 saturated carbocycles. The molecule has 4 heterocycles. The number of fused-ring (bicyclic) bond motifs is 3. The lowest BCUT2D eigenvalue weighted by molar-refractivity contribution is -0.173. The maximum absolute atomic E-state index is 12.9. The first-order valence-corrected chi connectivity index (χ1v) is 11.6. The molecule has 1 aromatic heterocycles. The summed E-state index contributed by atoms with van der Waals surface area (Å²) in [6.07, 6.45) is 3.59. The van der Waals surface area contributed by atoms with Gasteiger partial charge in [-0.2, -0.15) is 0 Å². The maximum Gasteiger partial charge on any atom is 0.276 e. The van der Waals surface area contributed by atoms with Gasteiger partial charge in [0.05, 0.1) is 19.8 Å². The topological polar surface area (TPSA) is 74.0 Å². The molecule has 172 valence electrons. The number of carbonyl (C=O) groups excluding carboxylic acids is 1. The molecule has 5 rings (SSSR count). The van der Waals surface area contributed by atoms with Crippen LogP contribution in [0.4, 0.5) is 0 Å². The van der Waals surface area contributed by atoms with E-state index in [9.17, 15) is 4.79 Å². The number of piperidine rings is 1. The van der Waals surface area contributed by atoms with E-state index in [4.69, 9.17) is 18.7 Å². The van der Waals surface area contributed by atoms with Gasteiger partial charge in [-0.1, -0.05) is 24.2 Å². The fraction of sp³-hybridized carbons (Fsp3) is 0.600. The average molecular weight is 441 g/mol. The van der Waals surface area contributed by atoms with Crippen molar-refractivity contribution in [3.05, 3.63) is 41.3 Å². The monoisotopic (exact) mass is 440 g/mol. The molecule has 32 heavy (non-hydrogen) atoms. The molecular formula is C25H32N2O5. The fourth-order valence-corrected chi connectivity index (χ4v) is 5.57. The summed E-state index contributed by atoms with van der Waals surface area (Å²) >= 11 is 0. The van der Waals surface area contributed by atoms with Crippen LogP contribution in [0.15, 0.2) is 28.8 Å². The summed E-state index contributed by atoms with van der Waals surface area (Å²) in [4.78, 5) is 14.8. The Morgan fingerprint density at radius 2 is 2.06 bits per heavy atom. The quantitative estimate of drug-likeness (QED) is 0.704. The number of nitrogens with zero attached hydrogens (tertiary/aromatic N) is 2. The Bertz CT molecular complexity index is 1010. The zero-order valence-electron chi connectivity index (χ0n) is 19.3. The summed E-state index contributed by atoms with van der Waals surface area (Å²) in [5, 5.41) is 3.96. The molecular weight excluding hydrogens is 408 g/mol. The largest absolute Gasteiger partial charge is 0.493 e. The van der Waals surface area contributed by atoms with Gasteiger partial charge >= 0.3 is 0 Å². The molecule has 0 unspecified atom stereocenters. The van der Waals surface area contributed by atoms with Crippen molar-refractivity contribution >= 4 is 5.91 Å². The second-order valence-electron chi connectivity index (χ2n) is 9.95. The molecule has 0 bridgehead atoms. The zero-order chi connectivity index (χ0) is 22.5. The van der Waals surface area contributed by atoms with Crippen LogP contribution in [0.2, 0.25) is 0 Å². The van der Waals surface area contributed by atoms with Crippen LogP contribution in [-0.4, -0.2) is 48.4 Å². The van der Waals surface area contributed by atoms with Crippen LogP contribution >= 0.6 is 0 Å². The molecule has 1 amide bonds. The molecule has 2 fully saturated rings. The van der Waals surface area contributed by atoms with Crippen molar-refractivity contribution in [2.45, 2.75) is 58.2 Å². The van der Waals surface area contributed by atoms with E-state index in [1.807, 2.05) is 24.0 Å². The third kappa shape index (κ3) is 3.47. The molecule has 1 spiro atoms. The van der Waals surface area contributed by atoms with Crippen molar-refractivity contribution in [3.63, 3.8) is 0 Å². The van der Waals surface area contributed by atoms with Crippen LogP contribution in [0.1, 0.15) is 67.9 Å². The van der Waals surface area contributed by atoms with E-state index in [-0.39, 0.29) is 28.9 Å². The highest BCUT2D eigenvalue weighted by molar-refractivity contribution is 5.92. The summed E-state index contributed by atoms with van der Waals surface area (Å²) in [6.45, 7) is 8.40. The lowest BCUT2D eigenvalue weighted by atomic mass is 9.64. The maximum atomic E-state index is 12.9. The van der Waals surface area contributed by atoms with Gasteiger partial charge in [0.2, 0.25) is 0 Å². The predicted molar refractivity (Wildman–Crippen MR) is 118 cm³/mol. The number of benzene rings is 1. The predicted octanol–water partition coefficient (Wildman–Crippen LogP) is 4.42. The Morgan fingerprint density at radius 3 is 2.75 bits per heavy atom. The van der Waals surface area contributed by atoms with Crippen molar-refractivity contribution in [2.75, 3.05) is 26.8 Å². The van der Waals surface area contributed by atoms with Gasteiger partial charge in [0.25, 0.3) is 5.91 Å². The number of aromatic nitrogens is 1. The van der Waals surface area contributed by atoms with Crippen LogP contribution in [0.3, 0.4) is 0 Å². The summed E-state index contributed by atoms with van der Waals surface area (Å²) in [5.41, 5.74) is 1.18. The highest BCUT2D eigenvalue weighted by Crippen LogP contribution is 2.57. The Kier molecular flexibility index (Phi) is 5.19. The van der Waals surface area contributed by atoms with Crippen LogP contribution in [0.5, 0.6) is 11.5 Å². The summed E-state index contributed by atoms with van der Waals surface area (Å²) in [5.74, 6) is 2.49. The first kappa shape index (κ1) is 21.3. The number of methoxy groups -OCH3 is 1. The Hall–Kier alpha value is -2.54. The van der Waals surface area contributed by atoms with Gasteiger partial charge in [-0.3, -0.25) is 4.79 Å². The molecule has 2 atom stereocenters. The zero-order valence-corrected chi connectivity index (χ0v) is 19.3. The van der Waals surface area contributed by atoms with Gasteiger partial charge in [-0.15, -0.1) is 0 Å². The van der Waals surface area contributed by atoms with Gasteiger partial charge in [0, 0.05) is 37.1 Å². The lowest BCUT2D eigenvalue weighted by Crippen LogP contribution is -2.54. The van der Waals surface area contributed by atoms with E-state index in [1.54, 1.807) is 13.2 Å². The molecule has 0 N–H and O–H groups in total. The van der Waals surface area contributed by atoms with E-state index in [1.165, 1.54) is 0 Å². The van der Waals surface area contributed by atoms with E-state index in [0.717, 1.165) is 48.5 Å². The molecule has 1 aromatic carbocycles. The third-order valence-corrected chi connectivity index (χ3v) is 7.62. The van der Waals surface area contributed by atoms with Gasteiger partial charge < -0.3 is 23.6 Å². The van der Waals surface area contributed by atoms with Crippen molar-refractivity contribution in [1.82, 2.24) is 10.1 Å². The number of aryl methyl sites for hydroxylation is 1. The number of rotatable bonds is 3. The van der Waals surface area contributed by atoms with Gasteiger partial charge in [0.1, 0.15) is 11.4 Å². The Morgan fingerprint density at radius 1 is 1.28 bits per heavy atom. The van der Waals surface area contributed by atoms with E-state index in [2.05, 4.69) is 25.1 Å². The van der Waals surface area contributed by atoms with Gasteiger partial charge in [-0.25, -0.2) is 0 Å². The average Bonchev–Trinajstić information content (AvgIpc) is 3.28. The van der Waals surface area contributed by atoms with Gasteiger partial charge in [-0.05, 0) is 44.6 Å². The number of ether oxygens (including phenoxy) is 3. The van der Waals surface area contributed by atoms with Gasteiger partial charge in [0.15, 0.2) is 17.2 Å². The molecule has 2 saturated heterocycles. The minimum atomic E-state index is -0.371. The number of likely N-dealkylation sites (tertiary alicyclic amines) is 1. The third-order valence-electron chi connectivity index (χ3n) is 7.62. The molecule has 0 aliphatic carbocycles. The van der Waals surface area contributed by atoms with Crippen LogP contribution in [-0.2, 0) is 11.2 Å². The minimum Gasteiger partial charge on any atom is -0.493 e. The fourth-order valence-electron chi connectivity index (χ4n) is 5.57. The highest BCUT2D eigenvalue weighted by Gasteiger charge is 2.53. The second-order valence-corrected chi connectivity index (χ2v) is 9.95. The SMILES string of the molecule is CCc1cc(C(=O)N2CCC3(CC2)CO[C@@H]2c4cccc(OC)c4OC(C)(C)[C@H]2C3)no1. The first-order valence-electron chi connectivity index (χ1n) is 11.6. The number of hydrogen-bond donors (Lipinski definition) is 0. The smallest absolute Gasteiger partial charge is 0.276 e. The molecule has 3 aliphatic heterocycles. The van der Waals surface area contributed by atoms with Crippen molar-refractivity contribution < 1.29 is 23.5 Å². The first-order chi connectivity index (χ1) is 15.4. The highest BCUT2D eigenvalue weighted by atomic mass is 16.5. The lowest BCUT2D eigenvalue weighted by Gasteiger charge is -2.54. The number of para-hydroxylation sites is 1. The van der Waals surface area contributed by atoms with E-state index in [0.29, 0.717) is 25.4 Å². The van der Waals surface area contributed by atoms with E-state index < -0.39 is 0 Å². The second kappa shape index (κ2) is 7.80. The van der Waals surface area contributed by atoms with Crippen molar-refractivity contribution in [1.29, 1.82) is 0 Å². The van der Waals surface area contributed by atoms with Crippen molar-refractivity contribution in [3.8, 4) is 11.5 Å².